The van der Waals surface area contributed by atoms with Crippen LogP contribution in [0.2, 0.25) is 0 Å². The summed E-state index contributed by atoms with van der Waals surface area (Å²) in [6, 6.07) is 8.83. The Morgan fingerprint density at radius 3 is 2.52 bits per heavy atom. The maximum atomic E-state index is 13.8. The van der Waals surface area contributed by atoms with Crippen LogP contribution in [0.3, 0.4) is 0 Å². The van der Waals surface area contributed by atoms with Gasteiger partial charge in [-0.1, -0.05) is 6.07 Å². The summed E-state index contributed by atoms with van der Waals surface area (Å²) in [6.45, 7) is 1.06. The topological polar surface area (TPSA) is 65.1 Å². The molecule has 0 spiro atoms. The molecule has 0 aromatic heterocycles. The van der Waals surface area contributed by atoms with E-state index in [-0.39, 0.29) is 17.2 Å². The molecule has 0 unspecified atom stereocenters. The van der Waals surface area contributed by atoms with E-state index in [2.05, 4.69) is 0 Å². The number of rotatable bonds is 5. The van der Waals surface area contributed by atoms with Crippen molar-refractivity contribution in [2.45, 2.75) is 11.4 Å². The second-order valence-corrected chi connectivity index (χ2v) is 7.58. The number of hydrogen-bond acceptors (Lipinski definition) is 5. The molecule has 134 valence electrons. The van der Waals surface area contributed by atoms with E-state index < -0.39 is 15.8 Å². The molecule has 1 heterocycles. The highest BCUT2D eigenvalue weighted by molar-refractivity contribution is 7.89. The van der Waals surface area contributed by atoms with Crippen molar-refractivity contribution in [1.82, 2.24) is 4.31 Å². The van der Waals surface area contributed by atoms with E-state index in [1.165, 1.54) is 26.3 Å². The van der Waals surface area contributed by atoms with Crippen molar-refractivity contribution in [1.29, 1.82) is 0 Å². The van der Waals surface area contributed by atoms with Crippen molar-refractivity contribution >= 4 is 10.0 Å². The molecular formula is C17H18FNO5S. The maximum absolute atomic E-state index is 13.8. The fourth-order valence-electron chi connectivity index (χ4n) is 2.52. The first kappa shape index (κ1) is 17.5. The third-order valence-electron chi connectivity index (χ3n) is 3.84. The summed E-state index contributed by atoms with van der Waals surface area (Å²) in [5.41, 5.74) is 0.740. The molecule has 25 heavy (non-hydrogen) atoms. The summed E-state index contributed by atoms with van der Waals surface area (Å²) < 4.78 is 56.0. The maximum Gasteiger partial charge on any atom is 0.243 e. The van der Waals surface area contributed by atoms with Crippen LogP contribution in [0.15, 0.2) is 41.3 Å². The number of methoxy groups -OCH3 is 1. The first-order chi connectivity index (χ1) is 11.9. The number of nitrogens with zero attached hydrogens (tertiary/aromatic N) is 1. The van der Waals surface area contributed by atoms with Gasteiger partial charge in [0.25, 0.3) is 0 Å². The van der Waals surface area contributed by atoms with Crippen molar-refractivity contribution in [3.63, 3.8) is 0 Å². The standard InChI is InChI=1S/C17H18FNO5S/c1-19(11-12-3-5-16-17(9-12)24-8-7-23-16)25(20,21)13-4-6-15(22-2)14(18)10-13/h3-6,9-10H,7-8,11H2,1-2H3. The van der Waals surface area contributed by atoms with Crippen LogP contribution in [-0.2, 0) is 16.6 Å². The molecular weight excluding hydrogens is 349 g/mol. The van der Waals surface area contributed by atoms with Gasteiger partial charge in [-0.2, -0.15) is 4.31 Å². The number of ether oxygens (including phenoxy) is 3. The Kier molecular flexibility index (Phi) is 4.82. The molecule has 0 fully saturated rings. The van der Waals surface area contributed by atoms with E-state index in [1.54, 1.807) is 18.2 Å². The van der Waals surface area contributed by atoms with Crippen LogP contribution in [0.25, 0.3) is 0 Å². The fourth-order valence-corrected chi connectivity index (χ4v) is 3.69. The lowest BCUT2D eigenvalue weighted by molar-refractivity contribution is 0.171. The van der Waals surface area contributed by atoms with Gasteiger partial charge in [0.05, 0.1) is 12.0 Å². The van der Waals surface area contributed by atoms with Gasteiger partial charge in [-0.05, 0) is 35.9 Å². The Hall–Kier alpha value is -2.32. The molecule has 0 saturated heterocycles. The van der Waals surface area contributed by atoms with Gasteiger partial charge < -0.3 is 14.2 Å². The number of sulfonamides is 1. The number of fused-ring (bicyclic) bond motifs is 1. The minimum atomic E-state index is -3.84. The molecule has 0 saturated carbocycles. The SMILES string of the molecule is COc1ccc(S(=O)(=O)N(C)Cc2ccc3c(c2)OCCO3)cc1F. The third kappa shape index (κ3) is 3.54. The summed E-state index contributed by atoms with van der Waals surface area (Å²) >= 11 is 0. The fraction of sp³-hybridized carbons (Fsp3) is 0.294. The van der Waals surface area contributed by atoms with E-state index in [1.807, 2.05) is 0 Å². The van der Waals surface area contributed by atoms with Gasteiger partial charge in [-0.15, -0.1) is 0 Å². The largest absolute Gasteiger partial charge is 0.494 e. The van der Waals surface area contributed by atoms with Crippen LogP contribution in [-0.4, -0.2) is 40.1 Å². The van der Waals surface area contributed by atoms with Crippen LogP contribution >= 0.6 is 0 Å². The molecule has 0 bridgehead atoms. The van der Waals surface area contributed by atoms with Crippen LogP contribution in [0.1, 0.15) is 5.56 Å². The van der Waals surface area contributed by atoms with E-state index in [9.17, 15) is 12.8 Å². The van der Waals surface area contributed by atoms with Crippen molar-refractivity contribution < 1.29 is 27.0 Å². The monoisotopic (exact) mass is 367 g/mol. The zero-order valence-electron chi connectivity index (χ0n) is 13.9. The van der Waals surface area contributed by atoms with Crippen molar-refractivity contribution in [2.24, 2.45) is 0 Å². The highest BCUT2D eigenvalue weighted by Gasteiger charge is 2.23. The minimum Gasteiger partial charge on any atom is -0.494 e. The lowest BCUT2D eigenvalue weighted by Crippen LogP contribution is -2.26. The van der Waals surface area contributed by atoms with Gasteiger partial charge in [-0.3, -0.25) is 0 Å². The van der Waals surface area contributed by atoms with Crippen LogP contribution in [0.5, 0.6) is 17.2 Å². The summed E-state index contributed by atoms with van der Waals surface area (Å²) in [7, 11) is -1.08. The molecule has 3 rings (SSSR count). The van der Waals surface area contributed by atoms with Gasteiger partial charge in [0.2, 0.25) is 10.0 Å². The molecule has 8 heteroatoms. The van der Waals surface area contributed by atoms with Gasteiger partial charge >= 0.3 is 0 Å². The normalized spacial score (nSPS) is 13.8. The predicted octanol–water partition coefficient (Wildman–Crippen LogP) is 2.43. The zero-order valence-corrected chi connectivity index (χ0v) is 14.7. The molecule has 1 aliphatic rings. The number of benzene rings is 2. The number of hydrogen-bond donors (Lipinski definition) is 0. The number of halogens is 1. The van der Waals surface area contributed by atoms with Crippen LogP contribution in [0, 0.1) is 5.82 Å². The van der Waals surface area contributed by atoms with E-state index in [0.717, 1.165) is 15.9 Å². The Morgan fingerprint density at radius 1 is 1.12 bits per heavy atom. The molecule has 0 radical (unpaired) electrons. The second-order valence-electron chi connectivity index (χ2n) is 5.54. The molecule has 0 N–H and O–H groups in total. The molecule has 2 aromatic rings. The Morgan fingerprint density at radius 2 is 1.84 bits per heavy atom. The minimum absolute atomic E-state index is 0.00607. The highest BCUT2D eigenvalue weighted by Crippen LogP contribution is 2.31. The molecule has 0 aliphatic carbocycles. The molecule has 6 nitrogen and oxygen atoms in total. The van der Waals surface area contributed by atoms with Gasteiger partial charge in [0, 0.05) is 13.6 Å². The molecule has 0 amide bonds. The van der Waals surface area contributed by atoms with Crippen molar-refractivity contribution in [2.75, 3.05) is 27.4 Å². The van der Waals surface area contributed by atoms with Gasteiger partial charge in [0.1, 0.15) is 13.2 Å². The second kappa shape index (κ2) is 6.89. The molecule has 0 atom stereocenters. The summed E-state index contributed by atoms with van der Waals surface area (Å²) in [5, 5.41) is 0. The third-order valence-corrected chi connectivity index (χ3v) is 5.64. The van der Waals surface area contributed by atoms with E-state index in [0.29, 0.717) is 24.7 Å². The van der Waals surface area contributed by atoms with Crippen molar-refractivity contribution in [3.8, 4) is 17.2 Å². The van der Waals surface area contributed by atoms with Gasteiger partial charge in [-0.25, -0.2) is 12.8 Å². The first-order valence-corrected chi connectivity index (χ1v) is 9.04. The average Bonchev–Trinajstić information content (AvgIpc) is 2.61. The predicted molar refractivity (Wildman–Crippen MR) is 89.0 cm³/mol. The smallest absolute Gasteiger partial charge is 0.243 e. The Balaban J connectivity index is 1.82. The summed E-state index contributed by atoms with van der Waals surface area (Å²) in [5.74, 6) is 0.493. The van der Waals surface area contributed by atoms with Crippen LogP contribution in [0.4, 0.5) is 4.39 Å². The quantitative estimate of drug-likeness (QED) is 0.812. The first-order valence-electron chi connectivity index (χ1n) is 7.60. The Labute approximate surface area is 145 Å². The summed E-state index contributed by atoms with van der Waals surface area (Å²) in [4.78, 5) is -0.133. The molecule has 2 aromatic carbocycles. The lowest BCUT2D eigenvalue weighted by atomic mass is 10.2. The Bertz CT molecular complexity index is 885. The average molecular weight is 367 g/mol. The van der Waals surface area contributed by atoms with Gasteiger partial charge in [0.15, 0.2) is 23.1 Å². The highest BCUT2D eigenvalue weighted by atomic mass is 32.2. The van der Waals surface area contributed by atoms with Crippen molar-refractivity contribution in [3.05, 3.63) is 47.8 Å². The summed E-state index contributed by atoms with van der Waals surface area (Å²) in [6.07, 6.45) is 0. The van der Waals surface area contributed by atoms with Crippen LogP contribution < -0.4 is 14.2 Å². The van der Waals surface area contributed by atoms with E-state index >= 15 is 0 Å². The zero-order chi connectivity index (χ0) is 18.0. The van der Waals surface area contributed by atoms with E-state index in [4.69, 9.17) is 14.2 Å². The molecule has 1 aliphatic heterocycles. The lowest BCUT2D eigenvalue weighted by Gasteiger charge is -2.21.